The Morgan fingerprint density at radius 2 is 1.69 bits per heavy atom. The summed E-state index contributed by atoms with van der Waals surface area (Å²) in [5, 5.41) is 0. The molecule has 4 bridgehead atoms. The first-order valence-electron chi connectivity index (χ1n) is 10.1. The van der Waals surface area contributed by atoms with Gasteiger partial charge in [0.15, 0.2) is 0 Å². The molecule has 0 saturated heterocycles. The van der Waals surface area contributed by atoms with Crippen molar-refractivity contribution >= 4 is 11.5 Å². The maximum absolute atomic E-state index is 5.68. The molecular weight excluding hydrogens is 322 g/mol. The fourth-order valence-electron chi connectivity index (χ4n) is 7.42. The predicted octanol–water partition coefficient (Wildman–Crippen LogP) is 4.60. The van der Waals surface area contributed by atoms with E-state index in [-0.39, 0.29) is 5.54 Å². The molecule has 3 heterocycles. The number of oxazole rings is 1. The van der Waals surface area contributed by atoms with Gasteiger partial charge in [0.2, 0.25) is 0 Å². The van der Waals surface area contributed by atoms with E-state index < -0.39 is 0 Å². The van der Waals surface area contributed by atoms with E-state index in [9.17, 15) is 0 Å². The highest BCUT2D eigenvalue weighted by Gasteiger charge is 2.64. The second-order valence-electron chi connectivity index (χ2n) is 9.01. The van der Waals surface area contributed by atoms with Crippen molar-refractivity contribution in [2.24, 2.45) is 23.7 Å². The molecule has 0 amide bonds. The molecule has 0 N–H and O–H groups in total. The lowest BCUT2D eigenvalue weighted by molar-refractivity contribution is -0.0608. The average molecular weight is 345 g/mol. The molecule has 3 aromatic rings. The first kappa shape index (κ1) is 13.9. The molecule has 4 heteroatoms. The van der Waals surface area contributed by atoms with Crippen LogP contribution in [0.4, 0.5) is 5.69 Å². The third-order valence-electron chi connectivity index (χ3n) is 7.92. The number of rotatable bonds is 1. The maximum Gasteiger partial charge on any atom is 0.306 e. The SMILES string of the molecule is c1ccc(N2Cc3nc4occn4c3C23C2CC4CC(C2)CC3C4)cc1. The molecule has 4 aliphatic carbocycles. The van der Waals surface area contributed by atoms with Crippen LogP contribution < -0.4 is 4.90 Å². The molecule has 2 aromatic heterocycles. The lowest BCUT2D eigenvalue weighted by Crippen LogP contribution is -2.62. The Morgan fingerprint density at radius 3 is 2.42 bits per heavy atom. The lowest BCUT2D eigenvalue weighted by atomic mass is 9.47. The molecule has 8 rings (SSSR count). The van der Waals surface area contributed by atoms with Gasteiger partial charge in [-0.25, -0.2) is 0 Å². The minimum atomic E-state index is 0.105. The molecule has 1 aromatic carbocycles. The maximum atomic E-state index is 5.68. The number of imidazole rings is 1. The Bertz CT molecular complexity index is 973. The van der Waals surface area contributed by atoms with Crippen LogP contribution in [0.1, 0.15) is 43.5 Å². The number of aromatic nitrogens is 2. The second kappa shape index (κ2) is 4.54. The number of para-hydroxylation sites is 1. The number of anilines is 1. The van der Waals surface area contributed by atoms with Crippen molar-refractivity contribution in [3.8, 4) is 0 Å². The molecular formula is C22H23N3O. The highest BCUT2D eigenvalue weighted by Crippen LogP contribution is 2.66. The standard InChI is InChI=1S/C22H23N3O/c1-2-4-18(5-3-1)25-13-19-20(24-6-7-26-21(24)23-19)22(25)16-9-14-8-15(11-16)12-17(22)10-14/h1-7,14-17H,8-13H2. The summed E-state index contributed by atoms with van der Waals surface area (Å²) in [6.07, 6.45) is 10.9. The Labute approximate surface area is 152 Å². The number of hydrogen-bond donors (Lipinski definition) is 0. The summed E-state index contributed by atoms with van der Waals surface area (Å²) in [7, 11) is 0. The van der Waals surface area contributed by atoms with Gasteiger partial charge in [-0.1, -0.05) is 18.2 Å². The van der Waals surface area contributed by atoms with E-state index in [0.717, 1.165) is 36.1 Å². The van der Waals surface area contributed by atoms with E-state index in [1.54, 1.807) is 6.26 Å². The molecule has 26 heavy (non-hydrogen) atoms. The Kier molecular flexibility index (Phi) is 2.43. The largest absolute Gasteiger partial charge is 0.432 e. The molecule has 0 unspecified atom stereocenters. The Balaban J connectivity index is 1.52. The normalized spacial score (nSPS) is 37.2. The number of nitrogens with zero attached hydrogens (tertiary/aromatic N) is 3. The van der Waals surface area contributed by atoms with E-state index in [4.69, 9.17) is 9.40 Å². The molecule has 4 nitrogen and oxygen atoms in total. The summed E-state index contributed by atoms with van der Waals surface area (Å²) >= 11 is 0. The molecule has 5 aliphatic rings. The van der Waals surface area contributed by atoms with Gasteiger partial charge in [-0.05, 0) is 67.9 Å². The van der Waals surface area contributed by atoms with Crippen LogP contribution in [-0.4, -0.2) is 9.38 Å². The average Bonchev–Trinajstić information content (AvgIpc) is 3.30. The third kappa shape index (κ3) is 1.48. The zero-order valence-electron chi connectivity index (χ0n) is 14.8. The Hall–Kier alpha value is -2.23. The summed E-state index contributed by atoms with van der Waals surface area (Å²) < 4.78 is 7.94. The molecule has 1 spiro atoms. The van der Waals surface area contributed by atoms with Crippen LogP contribution >= 0.6 is 0 Å². The van der Waals surface area contributed by atoms with Crippen molar-refractivity contribution in [2.75, 3.05) is 4.90 Å². The van der Waals surface area contributed by atoms with Crippen LogP contribution in [0.3, 0.4) is 0 Å². The van der Waals surface area contributed by atoms with Gasteiger partial charge in [0.1, 0.15) is 6.26 Å². The smallest absolute Gasteiger partial charge is 0.306 e. The quantitative estimate of drug-likeness (QED) is 0.646. The van der Waals surface area contributed by atoms with Crippen LogP contribution in [0, 0.1) is 23.7 Å². The molecule has 132 valence electrons. The Morgan fingerprint density at radius 1 is 0.962 bits per heavy atom. The van der Waals surface area contributed by atoms with Gasteiger partial charge < -0.3 is 9.32 Å². The highest BCUT2D eigenvalue weighted by molar-refractivity contribution is 5.59. The number of benzene rings is 1. The fourth-order valence-corrected chi connectivity index (χ4v) is 7.42. The van der Waals surface area contributed by atoms with Crippen LogP contribution in [0.5, 0.6) is 0 Å². The highest BCUT2D eigenvalue weighted by atomic mass is 16.3. The van der Waals surface area contributed by atoms with Gasteiger partial charge in [0, 0.05) is 11.9 Å². The van der Waals surface area contributed by atoms with E-state index in [2.05, 4.69) is 45.8 Å². The zero-order valence-corrected chi connectivity index (χ0v) is 14.8. The monoisotopic (exact) mass is 345 g/mol. The predicted molar refractivity (Wildman–Crippen MR) is 98.8 cm³/mol. The van der Waals surface area contributed by atoms with Crippen molar-refractivity contribution < 1.29 is 4.42 Å². The molecule has 0 radical (unpaired) electrons. The van der Waals surface area contributed by atoms with Gasteiger partial charge in [-0.3, -0.25) is 4.40 Å². The fraction of sp³-hybridized carbons (Fsp3) is 0.500. The molecule has 4 saturated carbocycles. The summed E-state index contributed by atoms with van der Waals surface area (Å²) in [5.74, 6) is 4.18. The van der Waals surface area contributed by atoms with Gasteiger partial charge >= 0.3 is 5.84 Å². The van der Waals surface area contributed by atoms with Crippen LogP contribution in [-0.2, 0) is 12.1 Å². The first-order chi connectivity index (χ1) is 12.8. The summed E-state index contributed by atoms with van der Waals surface area (Å²) in [6.45, 7) is 0.916. The molecule has 0 atom stereocenters. The van der Waals surface area contributed by atoms with E-state index in [1.807, 2.05) is 0 Å². The minimum Gasteiger partial charge on any atom is -0.432 e. The van der Waals surface area contributed by atoms with Crippen molar-refractivity contribution in [2.45, 2.75) is 44.2 Å². The van der Waals surface area contributed by atoms with E-state index in [1.165, 1.54) is 49.2 Å². The zero-order chi connectivity index (χ0) is 16.9. The van der Waals surface area contributed by atoms with Gasteiger partial charge in [-0.2, -0.15) is 4.98 Å². The van der Waals surface area contributed by atoms with Crippen LogP contribution in [0.15, 0.2) is 47.2 Å². The lowest BCUT2D eigenvalue weighted by Gasteiger charge is -2.63. The topological polar surface area (TPSA) is 33.7 Å². The molecule has 1 aliphatic heterocycles. The van der Waals surface area contributed by atoms with Gasteiger partial charge in [-0.15, -0.1) is 0 Å². The molecule has 4 fully saturated rings. The third-order valence-corrected chi connectivity index (χ3v) is 7.92. The summed E-state index contributed by atoms with van der Waals surface area (Å²) in [4.78, 5) is 7.61. The van der Waals surface area contributed by atoms with Crippen molar-refractivity contribution in [1.29, 1.82) is 0 Å². The van der Waals surface area contributed by atoms with Crippen LogP contribution in [0.25, 0.3) is 5.84 Å². The summed E-state index contributed by atoms with van der Waals surface area (Å²) in [5.41, 5.74) is 4.14. The van der Waals surface area contributed by atoms with E-state index >= 15 is 0 Å². The first-order valence-corrected chi connectivity index (χ1v) is 10.1. The summed E-state index contributed by atoms with van der Waals surface area (Å²) in [6, 6.07) is 11.1. The van der Waals surface area contributed by atoms with Gasteiger partial charge in [0.05, 0.1) is 23.5 Å². The number of fused-ring (bicyclic) bond motifs is 3. The van der Waals surface area contributed by atoms with E-state index in [0.29, 0.717) is 0 Å². The van der Waals surface area contributed by atoms with Gasteiger partial charge in [0.25, 0.3) is 0 Å². The van der Waals surface area contributed by atoms with Crippen molar-refractivity contribution in [3.05, 3.63) is 54.2 Å². The van der Waals surface area contributed by atoms with Crippen molar-refractivity contribution in [3.63, 3.8) is 0 Å². The van der Waals surface area contributed by atoms with Crippen molar-refractivity contribution in [1.82, 2.24) is 9.38 Å². The minimum absolute atomic E-state index is 0.105. The second-order valence-corrected chi connectivity index (χ2v) is 9.01. The number of hydrogen-bond acceptors (Lipinski definition) is 3. The van der Waals surface area contributed by atoms with Crippen LogP contribution in [0.2, 0.25) is 0 Å².